The number of para-hydroxylation sites is 2. The molecule has 4 rings (SSSR count). The van der Waals surface area contributed by atoms with E-state index >= 15 is 0 Å². The predicted octanol–water partition coefficient (Wildman–Crippen LogP) is 3.24. The Labute approximate surface area is 144 Å². The van der Waals surface area contributed by atoms with Crippen LogP contribution in [0.5, 0.6) is 0 Å². The zero-order chi connectivity index (χ0) is 17.6. The molecule has 0 bridgehead atoms. The van der Waals surface area contributed by atoms with Gasteiger partial charge in [0.05, 0.1) is 22.1 Å². The van der Waals surface area contributed by atoms with E-state index < -0.39 is 0 Å². The van der Waals surface area contributed by atoms with Gasteiger partial charge < -0.3 is 4.57 Å². The number of fused-ring (bicyclic) bond motifs is 2. The van der Waals surface area contributed by atoms with Crippen LogP contribution in [0.25, 0.3) is 21.8 Å². The van der Waals surface area contributed by atoms with Gasteiger partial charge in [0.15, 0.2) is 0 Å². The van der Waals surface area contributed by atoms with E-state index in [9.17, 15) is 4.79 Å². The largest absolute Gasteiger partial charge is 0.314 e. The standard InChI is InChI=1S/C19H17N5O/c1-11-7-6-9-13-12(2)20-18(21-16(11)13)23-19-22-17(25)14-8-4-5-10-15(14)24(19)3/h4-10H,1-3H3,(H,20,21,22,23,25). The molecule has 0 saturated carbocycles. The van der Waals surface area contributed by atoms with Gasteiger partial charge in [-0.3, -0.25) is 10.1 Å². The molecule has 0 saturated heterocycles. The third kappa shape index (κ3) is 2.52. The molecule has 2 aromatic heterocycles. The minimum absolute atomic E-state index is 0.273. The molecule has 0 spiro atoms. The molecule has 2 aromatic carbocycles. The fraction of sp³-hybridized carbons (Fsp3) is 0.158. The second-order valence-electron chi connectivity index (χ2n) is 6.05. The first-order valence-corrected chi connectivity index (χ1v) is 8.01. The molecule has 4 aromatic rings. The topological polar surface area (TPSA) is 72.7 Å². The third-order valence-corrected chi connectivity index (χ3v) is 4.36. The maximum Gasteiger partial charge on any atom is 0.282 e. The first kappa shape index (κ1) is 15.3. The molecule has 124 valence electrons. The molecular formula is C19H17N5O. The molecule has 0 unspecified atom stereocenters. The van der Waals surface area contributed by atoms with Gasteiger partial charge in [-0.15, -0.1) is 0 Å². The Kier molecular flexibility index (Phi) is 3.46. The normalized spacial score (nSPS) is 11.2. The highest BCUT2D eigenvalue weighted by Gasteiger charge is 2.11. The van der Waals surface area contributed by atoms with E-state index in [1.54, 1.807) is 6.07 Å². The molecule has 0 aliphatic rings. The summed E-state index contributed by atoms with van der Waals surface area (Å²) in [5, 5.41) is 4.70. The van der Waals surface area contributed by atoms with Crippen LogP contribution >= 0.6 is 0 Å². The summed E-state index contributed by atoms with van der Waals surface area (Å²) in [7, 11) is 1.86. The molecule has 0 fully saturated rings. The van der Waals surface area contributed by atoms with Crippen LogP contribution in [0.4, 0.5) is 11.9 Å². The molecule has 0 radical (unpaired) electrons. The van der Waals surface area contributed by atoms with Gasteiger partial charge in [0.25, 0.3) is 5.56 Å². The first-order chi connectivity index (χ1) is 12.0. The van der Waals surface area contributed by atoms with Gasteiger partial charge in [0, 0.05) is 12.4 Å². The molecule has 0 aliphatic carbocycles. The summed E-state index contributed by atoms with van der Waals surface area (Å²) in [6.45, 7) is 3.96. The van der Waals surface area contributed by atoms with Gasteiger partial charge in [0.2, 0.25) is 11.9 Å². The third-order valence-electron chi connectivity index (χ3n) is 4.36. The molecule has 0 amide bonds. The zero-order valence-electron chi connectivity index (χ0n) is 14.2. The number of benzene rings is 2. The van der Waals surface area contributed by atoms with Crippen molar-refractivity contribution in [3.63, 3.8) is 0 Å². The van der Waals surface area contributed by atoms with Crippen molar-refractivity contribution in [2.24, 2.45) is 7.05 Å². The summed E-state index contributed by atoms with van der Waals surface area (Å²) in [5.41, 5.74) is 3.38. The first-order valence-electron chi connectivity index (χ1n) is 8.01. The maximum absolute atomic E-state index is 12.3. The molecule has 2 heterocycles. The quantitative estimate of drug-likeness (QED) is 0.610. The summed E-state index contributed by atoms with van der Waals surface area (Å²) in [4.78, 5) is 25.5. The highest BCUT2D eigenvalue weighted by Crippen LogP contribution is 2.22. The lowest BCUT2D eigenvalue weighted by Crippen LogP contribution is -2.17. The number of anilines is 2. The number of nitrogens with zero attached hydrogens (tertiary/aromatic N) is 4. The Morgan fingerprint density at radius 2 is 1.68 bits per heavy atom. The maximum atomic E-state index is 12.3. The van der Waals surface area contributed by atoms with Crippen LogP contribution in [-0.2, 0) is 7.05 Å². The minimum Gasteiger partial charge on any atom is -0.314 e. The van der Waals surface area contributed by atoms with Crippen molar-refractivity contribution in [3.05, 3.63) is 64.1 Å². The second-order valence-corrected chi connectivity index (χ2v) is 6.05. The smallest absolute Gasteiger partial charge is 0.282 e. The fourth-order valence-corrected chi connectivity index (χ4v) is 3.01. The Bertz CT molecular complexity index is 1180. The number of rotatable bonds is 2. The van der Waals surface area contributed by atoms with Crippen molar-refractivity contribution in [1.29, 1.82) is 0 Å². The average molecular weight is 331 g/mol. The van der Waals surface area contributed by atoms with E-state index in [1.807, 2.05) is 61.9 Å². The summed E-state index contributed by atoms with van der Waals surface area (Å²) < 4.78 is 1.83. The van der Waals surface area contributed by atoms with Crippen LogP contribution in [0.3, 0.4) is 0 Å². The van der Waals surface area contributed by atoms with E-state index in [0.29, 0.717) is 17.3 Å². The highest BCUT2D eigenvalue weighted by molar-refractivity contribution is 5.85. The SMILES string of the molecule is Cc1nc(Nc2nc(=O)c3ccccc3n2C)nc2c(C)cccc12. The van der Waals surface area contributed by atoms with Crippen molar-refractivity contribution in [2.45, 2.75) is 13.8 Å². The molecule has 1 N–H and O–H groups in total. The Morgan fingerprint density at radius 1 is 0.920 bits per heavy atom. The summed E-state index contributed by atoms with van der Waals surface area (Å²) in [6.07, 6.45) is 0. The van der Waals surface area contributed by atoms with Crippen LogP contribution in [0.15, 0.2) is 47.3 Å². The molecule has 0 atom stereocenters. The van der Waals surface area contributed by atoms with Crippen LogP contribution < -0.4 is 10.9 Å². The van der Waals surface area contributed by atoms with Crippen molar-refractivity contribution < 1.29 is 0 Å². The van der Waals surface area contributed by atoms with E-state index in [0.717, 1.165) is 27.7 Å². The Morgan fingerprint density at radius 3 is 2.52 bits per heavy atom. The van der Waals surface area contributed by atoms with Gasteiger partial charge in [-0.2, -0.15) is 4.98 Å². The molecule has 25 heavy (non-hydrogen) atoms. The summed E-state index contributed by atoms with van der Waals surface area (Å²) in [5.74, 6) is 0.841. The molecule has 6 nitrogen and oxygen atoms in total. The lowest BCUT2D eigenvalue weighted by Gasteiger charge is -2.13. The molecule has 6 heteroatoms. The minimum atomic E-state index is -0.273. The van der Waals surface area contributed by atoms with Gasteiger partial charge in [0.1, 0.15) is 0 Å². The Hall–Kier alpha value is -3.28. The van der Waals surface area contributed by atoms with Crippen LogP contribution in [0.2, 0.25) is 0 Å². The van der Waals surface area contributed by atoms with Crippen LogP contribution in [-0.4, -0.2) is 19.5 Å². The van der Waals surface area contributed by atoms with E-state index in [2.05, 4.69) is 20.3 Å². The summed E-state index contributed by atoms with van der Waals surface area (Å²) >= 11 is 0. The lowest BCUT2D eigenvalue weighted by molar-refractivity contribution is 0.908. The molecular weight excluding hydrogens is 314 g/mol. The predicted molar refractivity (Wildman–Crippen MR) is 99.3 cm³/mol. The van der Waals surface area contributed by atoms with Crippen LogP contribution in [0, 0.1) is 13.8 Å². The number of hydrogen-bond donors (Lipinski definition) is 1. The monoisotopic (exact) mass is 331 g/mol. The number of aryl methyl sites for hydroxylation is 3. The van der Waals surface area contributed by atoms with Crippen molar-refractivity contribution in [3.8, 4) is 0 Å². The second kappa shape index (κ2) is 5.66. The van der Waals surface area contributed by atoms with Crippen molar-refractivity contribution >= 4 is 33.7 Å². The van der Waals surface area contributed by atoms with Crippen molar-refractivity contribution in [2.75, 3.05) is 5.32 Å². The zero-order valence-corrected chi connectivity index (χ0v) is 14.2. The highest BCUT2D eigenvalue weighted by atomic mass is 16.1. The lowest BCUT2D eigenvalue weighted by atomic mass is 10.1. The van der Waals surface area contributed by atoms with Crippen LogP contribution in [0.1, 0.15) is 11.3 Å². The van der Waals surface area contributed by atoms with Gasteiger partial charge in [-0.1, -0.05) is 30.3 Å². The van der Waals surface area contributed by atoms with E-state index in [-0.39, 0.29) is 5.56 Å². The average Bonchev–Trinajstić information content (AvgIpc) is 2.60. The number of aromatic nitrogens is 4. The van der Waals surface area contributed by atoms with E-state index in [1.165, 1.54) is 0 Å². The van der Waals surface area contributed by atoms with E-state index in [4.69, 9.17) is 0 Å². The molecule has 0 aliphatic heterocycles. The number of nitrogens with one attached hydrogen (secondary N) is 1. The van der Waals surface area contributed by atoms with Gasteiger partial charge >= 0.3 is 0 Å². The van der Waals surface area contributed by atoms with Gasteiger partial charge in [-0.25, -0.2) is 9.97 Å². The number of hydrogen-bond acceptors (Lipinski definition) is 5. The van der Waals surface area contributed by atoms with Gasteiger partial charge in [-0.05, 0) is 31.5 Å². The fourth-order valence-electron chi connectivity index (χ4n) is 3.01. The Balaban J connectivity index is 1.87. The van der Waals surface area contributed by atoms with Crippen molar-refractivity contribution in [1.82, 2.24) is 19.5 Å². The summed E-state index contributed by atoms with van der Waals surface area (Å²) in [6, 6.07) is 13.4.